The Hall–Kier alpha value is -3.32. The molecule has 0 unspecified atom stereocenters. The molecule has 3 aromatic heterocycles. The third kappa shape index (κ3) is 3.68. The second kappa shape index (κ2) is 8.37. The van der Waals surface area contributed by atoms with E-state index in [0.717, 1.165) is 35.6 Å². The molecule has 1 N–H and O–H groups in total. The van der Waals surface area contributed by atoms with Crippen molar-refractivity contribution < 1.29 is 4.42 Å². The van der Waals surface area contributed by atoms with Crippen LogP contribution < -0.4 is 10.7 Å². The molecule has 2 saturated carbocycles. The van der Waals surface area contributed by atoms with Crippen LogP contribution in [0.15, 0.2) is 52.1 Å². The molecule has 0 aliphatic heterocycles. The highest BCUT2D eigenvalue weighted by Crippen LogP contribution is 2.51. The highest BCUT2D eigenvalue weighted by molar-refractivity contribution is 5.83. The molecule has 2 aliphatic carbocycles. The zero-order valence-corrected chi connectivity index (χ0v) is 21.5. The minimum absolute atomic E-state index is 0.0234. The van der Waals surface area contributed by atoms with Gasteiger partial charge in [0.05, 0.1) is 27.8 Å². The average Bonchev–Trinajstić information content (AvgIpc) is 3.26. The number of fused-ring (bicyclic) bond motifs is 1. The molecular weight excluding hydrogens is 450 g/mol. The normalized spacial score (nSPS) is 22.8. The first-order chi connectivity index (χ1) is 17.3. The zero-order chi connectivity index (χ0) is 25.1. The van der Waals surface area contributed by atoms with E-state index in [0.29, 0.717) is 29.0 Å². The Morgan fingerprint density at radius 2 is 2.03 bits per heavy atom. The van der Waals surface area contributed by atoms with Crippen LogP contribution in [0.3, 0.4) is 0 Å². The van der Waals surface area contributed by atoms with Gasteiger partial charge < -0.3 is 14.3 Å². The zero-order valence-electron chi connectivity index (χ0n) is 21.5. The summed E-state index contributed by atoms with van der Waals surface area (Å²) in [5.41, 5.74) is 4.73. The minimum Gasteiger partial charge on any atom is -0.462 e. The molecule has 0 saturated heterocycles. The number of aromatic nitrogens is 4. The molecular formula is C29H33N5O2. The van der Waals surface area contributed by atoms with Crippen LogP contribution in [0.4, 0.5) is 0 Å². The predicted molar refractivity (Wildman–Crippen MR) is 140 cm³/mol. The van der Waals surface area contributed by atoms with Gasteiger partial charge >= 0.3 is 0 Å². The van der Waals surface area contributed by atoms with Crippen molar-refractivity contribution in [3.8, 4) is 11.1 Å². The number of hydrogen-bond acceptors (Lipinski definition) is 6. The summed E-state index contributed by atoms with van der Waals surface area (Å²) in [6, 6.07) is 10.2. The van der Waals surface area contributed by atoms with E-state index in [-0.39, 0.29) is 16.4 Å². The van der Waals surface area contributed by atoms with Gasteiger partial charge in [0.1, 0.15) is 18.4 Å². The van der Waals surface area contributed by atoms with Crippen LogP contribution in [-0.4, -0.2) is 25.3 Å². The molecule has 2 aliphatic rings. The van der Waals surface area contributed by atoms with Gasteiger partial charge in [0.2, 0.25) is 5.43 Å². The van der Waals surface area contributed by atoms with Gasteiger partial charge in [-0.3, -0.25) is 9.78 Å². The molecule has 3 heterocycles. The van der Waals surface area contributed by atoms with Crippen molar-refractivity contribution in [1.29, 1.82) is 0 Å². The molecule has 0 radical (unpaired) electrons. The van der Waals surface area contributed by atoms with Crippen molar-refractivity contribution in [3.63, 3.8) is 0 Å². The van der Waals surface area contributed by atoms with Crippen LogP contribution in [0.2, 0.25) is 0 Å². The monoisotopic (exact) mass is 483 g/mol. The van der Waals surface area contributed by atoms with Gasteiger partial charge in [-0.15, -0.1) is 10.2 Å². The van der Waals surface area contributed by atoms with Crippen molar-refractivity contribution in [1.82, 2.24) is 25.1 Å². The molecule has 186 valence electrons. The van der Waals surface area contributed by atoms with E-state index in [9.17, 15) is 4.79 Å². The van der Waals surface area contributed by atoms with Crippen molar-refractivity contribution in [3.05, 3.63) is 75.9 Å². The Morgan fingerprint density at radius 1 is 1.22 bits per heavy atom. The van der Waals surface area contributed by atoms with E-state index in [4.69, 9.17) is 9.40 Å². The van der Waals surface area contributed by atoms with Gasteiger partial charge in [0.25, 0.3) is 0 Å². The van der Waals surface area contributed by atoms with Crippen LogP contribution in [-0.2, 0) is 19.0 Å². The summed E-state index contributed by atoms with van der Waals surface area (Å²) in [5, 5.41) is 12.8. The molecule has 6 rings (SSSR count). The molecule has 0 amide bonds. The average molecular weight is 484 g/mol. The lowest BCUT2D eigenvalue weighted by Crippen LogP contribution is -2.47. The third-order valence-corrected chi connectivity index (χ3v) is 8.39. The van der Waals surface area contributed by atoms with E-state index in [1.807, 2.05) is 36.7 Å². The maximum absolute atomic E-state index is 13.7. The van der Waals surface area contributed by atoms with Crippen molar-refractivity contribution in [2.75, 3.05) is 0 Å². The van der Waals surface area contributed by atoms with E-state index in [1.54, 1.807) is 12.6 Å². The first-order valence-electron chi connectivity index (χ1n) is 12.9. The topological polar surface area (TPSA) is 85.8 Å². The summed E-state index contributed by atoms with van der Waals surface area (Å²) in [6.07, 6.45) is 8.98. The second-order valence-corrected chi connectivity index (χ2v) is 11.3. The number of aryl methyl sites for hydroxylation is 2. The molecule has 0 spiro atoms. The number of hydrogen-bond donors (Lipinski definition) is 1. The van der Waals surface area contributed by atoms with Gasteiger partial charge in [-0.2, -0.15) is 0 Å². The summed E-state index contributed by atoms with van der Waals surface area (Å²) in [7, 11) is 2.00. The smallest absolute Gasteiger partial charge is 0.200 e. The number of benzene rings is 1. The van der Waals surface area contributed by atoms with Crippen LogP contribution in [0.5, 0.6) is 0 Å². The summed E-state index contributed by atoms with van der Waals surface area (Å²) in [5.74, 6) is 1.59. The Balaban J connectivity index is 1.40. The van der Waals surface area contributed by atoms with Crippen LogP contribution in [0.25, 0.3) is 22.1 Å². The number of rotatable bonds is 6. The maximum atomic E-state index is 13.7. The van der Waals surface area contributed by atoms with E-state index in [1.165, 1.54) is 24.8 Å². The lowest BCUT2D eigenvalue weighted by molar-refractivity contribution is 0.185. The summed E-state index contributed by atoms with van der Waals surface area (Å²) in [6.45, 7) is 7.07. The molecule has 0 bridgehead atoms. The van der Waals surface area contributed by atoms with Crippen molar-refractivity contribution >= 4 is 11.0 Å². The van der Waals surface area contributed by atoms with Crippen LogP contribution in [0.1, 0.15) is 68.7 Å². The number of pyridine rings is 1. The lowest BCUT2D eigenvalue weighted by Gasteiger charge is -2.46. The highest BCUT2D eigenvalue weighted by atomic mass is 16.3. The fourth-order valence-corrected chi connectivity index (χ4v) is 6.22. The van der Waals surface area contributed by atoms with Gasteiger partial charge in [-0.1, -0.05) is 25.1 Å². The fourth-order valence-electron chi connectivity index (χ4n) is 6.22. The van der Waals surface area contributed by atoms with E-state index in [2.05, 4.69) is 41.5 Å². The first kappa shape index (κ1) is 23.1. The van der Waals surface area contributed by atoms with Gasteiger partial charge in [-0.25, -0.2) is 0 Å². The minimum atomic E-state index is -0.186. The van der Waals surface area contributed by atoms with Crippen molar-refractivity contribution in [2.45, 2.75) is 70.4 Å². The molecule has 4 aromatic rings. The second-order valence-electron chi connectivity index (χ2n) is 11.3. The van der Waals surface area contributed by atoms with Crippen molar-refractivity contribution in [2.24, 2.45) is 13.0 Å². The Morgan fingerprint density at radius 3 is 2.69 bits per heavy atom. The van der Waals surface area contributed by atoms with Gasteiger partial charge in [0.15, 0.2) is 5.58 Å². The molecule has 36 heavy (non-hydrogen) atoms. The lowest BCUT2D eigenvalue weighted by atomic mass is 9.58. The largest absolute Gasteiger partial charge is 0.462 e. The highest BCUT2D eigenvalue weighted by Gasteiger charge is 2.48. The van der Waals surface area contributed by atoms with E-state index >= 15 is 0 Å². The molecule has 7 nitrogen and oxygen atoms in total. The molecule has 2 fully saturated rings. The Labute approximate surface area is 211 Å². The molecule has 7 heteroatoms. The van der Waals surface area contributed by atoms with Gasteiger partial charge in [0, 0.05) is 19.1 Å². The maximum Gasteiger partial charge on any atom is 0.200 e. The van der Waals surface area contributed by atoms with Gasteiger partial charge in [-0.05, 0) is 75.1 Å². The fraction of sp³-hybridized carbons (Fsp3) is 0.448. The Bertz CT molecular complexity index is 1510. The van der Waals surface area contributed by atoms with Crippen LogP contribution in [0, 0.1) is 12.8 Å². The number of nitrogens with one attached hydrogen (secondary N) is 1. The first-order valence-corrected chi connectivity index (χ1v) is 12.9. The molecule has 1 aromatic carbocycles. The van der Waals surface area contributed by atoms with Crippen LogP contribution >= 0.6 is 0 Å². The molecule has 0 atom stereocenters. The quantitative estimate of drug-likeness (QED) is 0.414. The summed E-state index contributed by atoms with van der Waals surface area (Å²) in [4.78, 5) is 18.5. The standard InChI is InChI=1S/C29H33N5O2/c1-18-13-29(14-18,27-33-31-17-34(27)4)21-8-5-7-20(11-21)24-16-36-26-19(2)32-22(12-23(26)25(24)35)15-30-28(3)9-6-10-28/h5,7-8,11-12,16-18,30H,6,9-10,13-15H2,1-4H3/t18-,29+. The predicted octanol–water partition coefficient (Wildman–Crippen LogP) is 5.04. The SMILES string of the molecule is Cc1nc(CNC2(C)CCC2)cc2c(=O)c(-c3cccc([C@]4(c5nncn5C)C[C@@H](C)C4)c3)coc12. The third-order valence-electron chi connectivity index (χ3n) is 8.39. The summed E-state index contributed by atoms with van der Waals surface area (Å²) < 4.78 is 8.02. The van der Waals surface area contributed by atoms with E-state index < -0.39 is 0 Å². The Kier molecular flexibility index (Phi) is 5.37. The number of nitrogens with zero attached hydrogens (tertiary/aromatic N) is 4. The summed E-state index contributed by atoms with van der Waals surface area (Å²) >= 11 is 0.